The number of likely N-dealkylation sites (tertiary alicyclic amines) is 1. The van der Waals surface area contributed by atoms with E-state index in [1.54, 1.807) is 0 Å². The second-order valence-electron chi connectivity index (χ2n) is 5.22. The largest absolute Gasteiger partial charge is 0.396 e. The van der Waals surface area contributed by atoms with Crippen LogP contribution in [0.3, 0.4) is 0 Å². The second-order valence-corrected chi connectivity index (χ2v) is 5.22. The van der Waals surface area contributed by atoms with E-state index >= 15 is 0 Å². The standard InChI is InChI=1S/C12H25NO/c1-4-5-6-7-13-9-11(10-14)8-12(13,2)3/h11,14H,4-10H2,1-3H3. The summed E-state index contributed by atoms with van der Waals surface area (Å²) < 4.78 is 0. The van der Waals surface area contributed by atoms with Gasteiger partial charge in [-0.15, -0.1) is 0 Å². The van der Waals surface area contributed by atoms with Gasteiger partial charge in [0.25, 0.3) is 0 Å². The minimum absolute atomic E-state index is 0.307. The minimum atomic E-state index is 0.307. The van der Waals surface area contributed by atoms with Gasteiger partial charge in [0.15, 0.2) is 0 Å². The van der Waals surface area contributed by atoms with Crippen molar-refractivity contribution in [2.24, 2.45) is 5.92 Å². The van der Waals surface area contributed by atoms with E-state index in [2.05, 4.69) is 25.7 Å². The van der Waals surface area contributed by atoms with Gasteiger partial charge in [0.05, 0.1) is 0 Å². The number of hydrogen-bond acceptors (Lipinski definition) is 2. The highest BCUT2D eigenvalue weighted by molar-refractivity contribution is 4.92. The fourth-order valence-electron chi connectivity index (χ4n) is 2.53. The van der Waals surface area contributed by atoms with Crippen molar-refractivity contribution >= 4 is 0 Å². The molecule has 0 aliphatic carbocycles. The predicted molar refractivity (Wildman–Crippen MR) is 60.4 cm³/mol. The molecular weight excluding hydrogens is 174 g/mol. The van der Waals surface area contributed by atoms with Gasteiger partial charge in [0.2, 0.25) is 0 Å². The summed E-state index contributed by atoms with van der Waals surface area (Å²) in [5, 5.41) is 9.16. The molecule has 0 saturated carbocycles. The molecule has 0 radical (unpaired) electrons. The maximum Gasteiger partial charge on any atom is 0.0472 e. The van der Waals surface area contributed by atoms with Crippen molar-refractivity contribution in [2.75, 3.05) is 19.7 Å². The predicted octanol–water partition coefficient (Wildman–Crippen LogP) is 2.27. The number of hydrogen-bond donors (Lipinski definition) is 1. The summed E-state index contributed by atoms with van der Waals surface area (Å²) in [7, 11) is 0. The van der Waals surface area contributed by atoms with Crippen molar-refractivity contribution in [1.82, 2.24) is 4.90 Å². The fraction of sp³-hybridized carbons (Fsp3) is 1.00. The number of rotatable bonds is 5. The topological polar surface area (TPSA) is 23.5 Å². The van der Waals surface area contributed by atoms with Crippen LogP contribution in [0.15, 0.2) is 0 Å². The Bertz CT molecular complexity index is 168. The third-order valence-corrected chi connectivity index (χ3v) is 3.41. The van der Waals surface area contributed by atoms with E-state index in [9.17, 15) is 0 Å². The van der Waals surface area contributed by atoms with E-state index in [4.69, 9.17) is 5.11 Å². The number of unbranched alkanes of at least 4 members (excludes halogenated alkanes) is 2. The van der Waals surface area contributed by atoms with Crippen molar-refractivity contribution in [3.05, 3.63) is 0 Å². The molecule has 1 aliphatic heterocycles. The second kappa shape index (κ2) is 5.13. The molecule has 0 aromatic rings. The van der Waals surface area contributed by atoms with E-state index in [1.165, 1.54) is 25.8 Å². The molecule has 1 saturated heterocycles. The van der Waals surface area contributed by atoms with Gasteiger partial charge in [0, 0.05) is 18.7 Å². The molecule has 14 heavy (non-hydrogen) atoms. The van der Waals surface area contributed by atoms with Crippen LogP contribution in [0.1, 0.15) is 46.5 Å². The van der Waals surface area contributed by atoms with Crippen molar-refractivity contribution in [2.45, 2.75) is 52.0 Å². The number of aliphatic hydroxyl groups is 1. The van der Waals surface area contributed by atoms with Crippen molar-refractivity contribution in [1.29, 1.82) is 0 Å². The molecule has 2 nitrogen and oxygen atoms in total. The Kier molecular flexibility index (Phi) is 4.39. The van der Waals surface area contributed by atoms with Gasteiger partial charge in [0.1, 0.15) is 0 Å². The summed E-state index contributed by atoms with van der Waals surface area (Å²) in [6.45, 7) is 9.49. The highest BCUT2D eigenvalue weighted by Crippen LogP contribution is 2.32. The minimum Gasteiger partial charge on any atom is -0.396 e. The van der Waals surface area contributed by atoms with Crippen LogP contribution in [0.4, 0.5) is 0 Å². The van der Waals surface area contributed by atoms with E-state index in [0.717, 1.165) is 13.0 Å². The number of aliphatic hydroxyl groups excluding tert-OH is 1. The maximum atomic E-state index is 9.16. The SMILES string of the molecule is CCCCCN1CC(CO)CC1(C)C. The first kappa shape index (κ1) is 12.0. The number of nitrogens with zero attached hydrogens (tertiary/aromatic N) is 1. The van der Waals surface area contributed by atoms with Crippen LogP contribution >= 0.6 is 0 Å². The van der Waals surface area contributed by atoms with Gasteiger partial charge >= 0.3 is 0 Å². The Morgan fingerprint density at radius 3 is 2.57 bits per heavy atom. The normalized spacial score (nSPS) is 27.0. The molecule has 1 atom stereocenters. The molecule has 0 aromatic heterocycles. The van der Waals surface area contributed by atoms with E-state index in [1.807, 2.05) is 0 Å². The summed E-state index contributed by atoms with van der Waals surface area (Å²) in [5.74, 6) is 0.506. The maximum absolute atomic E-state index is 9.16. The smallest absolute Gasteiger partial charge is 0.0472 e. The molecule has 0 spiro atoms. The highest BCUT2D eigenvalue weighted by Gasteiger charge is 2.37. The van der Waals surface area contributed by atoms with Gasteiger partial charge in [-0.1, -0.05) is 19.8 Å². The molecule has 1 heterocycles. The summed E-state index contributed by atoms with van der Waals surface area (Å²) in [6.07, 6.45) is 5.07. The van der Waals surface area contributed by atoms with Crippen LogP contribution in [0.2, 0.25) is 0 Å². The van der Waals surface area contributed by atoms with Crippen LogP contribution in [0.5, 0.6) is 0 Å². The van der Waals surface area contributed by atoms with Crippen molar-refractivity contribution in [3.63, 3.8) is 0 Å². The third kappa shape index (κ3) is 2.96. The van der Waals surface area contributed by atoms with Gasteiger partial charge in [-0.25, -0.2) is 0 Å². The van der Waals surface area contributed by atoms with Crippen LogP contribution < -0.4 is 0 Å². The molecule has 1 aliphatic rings. The quantitative estimate of drug-likeness (QED) is 0.687. The zero-order valence-corrected chi connectivity index (χ0v) is 9.92. The Morgan fingerprint density at radius 1 is 1.36 bits per heavy atom. The van der Waals surface area contributed by atoms with Gasteiger partial charge in [-0.3, -0.25) is 4.90 Å². The average molecular weight is 199 g/mol. The lowest BCUT2D eigenvalue weighted by molar-refractivity contribution is 0.169. The monoisotopic (exact) mass is 199 g/mol. The van der Waals surface area contributed by atoms with E-state index in [-0.39, 0.29) is 0 Å². The summed E-state index contributed by atoms with van der Waals surface area (Å²) in [4.78, 5) is 2.55. The van der Waals surface area contributed by atoms with Crippen LogP contribution in [0, 0.1) is 5.92 Å². The van der Waals surface area contributed by atoms with Gasteiger partial charge in [-0.05, 0) is 39.2 Å². The molecular formula is C12H25NO. The lowest BCUT2D eigenvalue weighted by Crippen LogP contribution is -2.38. The molecule has 2 heteroatoms. The summed E-state index contributed by atoms with van der Waals surface area (Å²) in [5.41, 5.74) is 0.307. The summed E-state index contributed by atoms with van der Waals surface area (Å²) in [6, 6.07) is 0. The Balaban J connectivity index is 2.36. The Labute approximate surface area is 88.3 Å². The first-order chi connectivity index (χ1) is 6.60. The molecule has 0 aromatic carbocycles. The van der Waals surface area contributed by atoms with E-state index < -0.39 is 0 Å². The van der Waals surface area contributed by atoms with Gasteiger partial charge < -0.3 is 5.11 Å². The zero-order valence-electron chi connectivity index (χ0n) is 9.92. The molecule has 84 valence electrons. The van der Waals surface area contributed by atoms with Crippen LogP contribution in [-0.4, -0.2) is 35.2 Å². The van der Waals surface area contributed by atoms with Crippen LogP contribution in [-0.2, 0) is 0 Å². The molecule has 1 fully saturated rings. The molecule has 1 unspecified atom stereocenters. The molecule has 1 rings (SSSR count). The van der Waals surface area contributed by atoms with Gasteiger partial charge in [-0.2, -0.15) is 0 Å². The summed E-state index contributed by atoms with van der Waals surface area (Å²) >= 11 is 0. The van der Waals surface area contributed by atoms with Crippen molar-refractivity contribution in [3.8, 4) is 0 Å². The zero-order chi connectivity index (χ0) is 10.6. The first-order valence-electron chi connectivity index (χ1n) is 5.96. The molecule has 0 amide bonds. The molecule has 0 bridgehead atoms. The molecule has 1 N–H and O–H groups in total. The fourth-order valence-corrected chi connectivity index (χ4v) is 2.53. The first-order valence-corrected chi connectivity index (χ1v) is 5.96. The third-order valence-electron chi connectivity index (χ3n) is 3.41. The lowest BCUT2D eigenvalue weighted by Gasteiger charge is -2.31. The highest BCUT2D eigenvalue weighted by atomic mass is 16.3. The van der Waals surface area contributed by atoms with E-state index in [0.29, 0.717) is 18.1 Å². The van der Waals surface area contributed by atoms with Crippen molar-refractivity contribution < 1.29 is 5.11 Å². The average Bonchev–Trinajstić information content (AvgIpc) is 2.42. The Morgan fingerprint density at radius 2 is 2.07 bits per heavy atom. The van der Waals surface area contributed by atoms with Crippen LogP contribution in [0.25, 0.3) is 0 Å². The Hall–Kier alpha value is -0.0800. The lowest BCUT2D eigenvalue weighted by atomic mass is 9.97.